The molecule has 1 aromatic rings. The van der Waals surface area contributed by atoms with Crippen molar-refractivity contribution in [1.29, 1.82) is 0 Å². The van der Waals surface area contributed by atoms with Gasteiger partial charge in [0.2, 0.25) is 0 Å². The zero-order valence-corrected chi connectivity index (χ0v) is 13.0. The molecule has 0 saturated heterocycles. The molecule has 0 unspecified atom stereocenters. The molecule has 20 heavy (non-hydrogen) atoms. The Morgan fingerprint density at radius 3 is 2.65 bits per heavy atom. The highest BCUT2D eigenvalue weighted by Gasteiger charge is 2.27. The van der Waals surface area contributed by atoms with Gasteiger partial charge in [-0.15, -0.1) is 0 Å². The van der Waals surface area contributed by atoms with Gasteiger partial charge in [-0.2, -0.15) is 0 Å². The average molecular weight is 279 g/mol. The summed E-state index contributed by atoms with van der Waals surface area (Å²) in [5.74, 6) is 0.597. The first kappa shape index (κ1) is 16.4. The molecule has 0 atom stereocenters. The number of pyridine rings is 1. The van der Waals surface area contributed by atoms with Crippen LogP contribution < -0.4 is 5.32 Å². The molecule has 0 bridgehead atoms. The number of aryl methyl sites for hydroxylation is 1. The van der Waals surface area contributed by atoms with Gasteiger partial charge in [-0.05, 0) is 39.3 Å². The van der Waals surface area contributed by atoms with Gasteiger partial charge in [-0.3, -0.25) is 4.79 Å². The second-order valence-electron chi connectivity index (χ2n) is 5.64. The van der Waals surface area contributed by atoms with E-state index in [4.69, 9.17) is 0 Å². The quantitative estimate of drug-likeness (QED) is 0.836. The molecule has 0 aliphatic rings. The third-order valence-electron chi connectivity index (χ3n) is 3.36. The number of aliphatic hydroxyl groups excluding tert-OH is 1. The Bertz CT molecular complexity index is 472. The Labute approximate surface area is 121 Å². The van der Waals surface area contributed by atoms with E-state index in [1.807, 2.05) is 20.8 Å². The summed E-state index contributed by atoms with van der Waals surface area (Å²) in [6.07, 6.45) is 0.996. The number of likely N-dealkylation sites (N-methyl/N-ethyl adjacent to an activating group) is 1. The van der Waals surface area contributed by atoms with Crippen LogP contribution in [0.15, 0.2) is 12.1 Å². The molecule has 112 valence electrons. The average Bonchev–Trinajstić information content (AvgIpc) is 2.42. The molecule has 2 N–H and O–H groups in total. The lowest BCUT2D eigenvalue weighted by molar-refractivity contribution is 0.0473. The van der Waals surface area contributed by atoms with E-state index in [2.05, 4.69) is 17.2 Å². The van der Waals surface area contributed by atoms with Gasteiger partial charge in [-0.25, -0.2) is 4.98 Å². The first-order valence-corrected chi connectivity index (χ1v) is 6.93. The van der Waals surface area contributed by atoms with E-state index >= 15 is 0 Å². The van der Waals surface area contributed by atoms with Gasteiger partial charge in [-0.1, -0.05) is 6.92 Å². The topological polar surface area (TPSA) is 65.5 Å². The Morgan fingerprint density at radius 2 is 2.10 bits per heavy atom. The molecule has 0 aromatic carbocycles. The Balaban J connectivity index is 3.01. The minimum atomic E-state index is -0.592. The summed E-state index contributed by atoms with van der Waals surface area (Å²) < 4.78 is 0. The standard InChI is InChI=1S/C15H25N3O2/c1-6-7-16-13-9-12(8-11(2)17-13)14(20)18(5)15(3,4)10-19/h8-9,19H,6-7,10H2,1-5H3,(H,16,17). The van der Waals surface area contributed by atoms with Crippen LogP contribution in [0.3, 0.4) is 0 Å². The van der Waals surface area contributed by atoms with E-state index in [0.717, 1.165) is 18.7 Å². The molecule has 5 heteroatoms. The van der Waals surface area contributed by atoms with Gasteiger partial charge in [0.25, 0.3) is 5.91 Å². The van der Waals surface area contributed by atoms with E-state index in [9.17, 15) is 9.90 Å². The first-order valence-electron chi connectivity index (χ1n) is 6.93. The maximum Gasteiger partial charge on any atom is 0.254 e. The monoisotopic (exact) mass is 279 g/mol. The largest absolute Gasteiger partial charge is 0.394 e. The highest BCUT2D eigenvalue weighted by molar-refractivity contribution is 5.95. The number of carbonyl (C=O) groups is 1. The van der Waals surface area contributed by atoms with Gasteiger partial charge >= 0.3 is 0 Å². The molecule has 1 rings (SSSR count). The van der Waals surface area contributed by atoms with Crippen molar-refractivity contribution in [3.8, 4) is 0 Å². The Kier molecular flexibility index (Phi) is 5.51. The number of hydrogen-bond donors (Lipinski definition) is 2. The highest BCUT2D eigenvalue weighted by Crippen LogP contribution is 2.18. The minimum absolute atomic E-state index is 0.0831. The second kappa shape index (κ2) is 6.70. The number of aliphatic hydroxyl groups is 1. The molecular weight excluding hydrogens is 254 g/mol. The maximum atomic E-state index is 12.5. The van der Waals surface area contributed by atoms with E-state index < -0.39 is 5.54 Å². The summed E-state index contributed by atoms with van der Waals surface area (Å²) in [5, 5.41) is 12.6. The number of amides is 1. The number of hydrogen-bond acceptors (Lipinski definition) is 4. The number of rotatable bonds is 6. The van der Waals surface area contributed by atoms with Crippen molar-refractivity contribution in [2.75, 3.05) is 25.5 Å². The van der Waals surface area contributed by atoms with Crippen LogP contribution in [0.25, 0.3) is 0 Å². The fraction of sp³-hybridized carbons (Fsp3) is 0.600. The Morgan fingerprint density at radius 1 is 1.45 bits per heavy atom. The zero-order valence-electron chi connectivity index (χ0n) is 13.0. The van der Waals surface area contributed by atoms with Crippen molar-refractivity contribution in [3.05, 3.63) is 23.4 Å². The van der Waals surface area contributed by atoms with Crippen LogP contribution in [0.4, 0.5) is 5.82 Å². The molecule has 5 nitrogen and oxygen atoms in total. The Hall–Kier alpha value is -1.62. The van der Waals surface area contributed by atoms with Crippen LogP contribution in [0.1, 0.15) is 43.2 Å². The lowest BCUT2D eigenvalue weighted by atomic mass is 10.0. The van der Waals surface area contributed by atoms with Crippen molar-refractivity contribution >= 4 is 11.7 Å². The maximum absolute atomic E-state index is 12.5. The van der Waals surface area contributed by atoms with Crippen LogP contribution in [-0.2, 0) is 0 Å². The summed E-state index contributed by atoms with van der Waals surface area (Å²) in [6, 6.07) is 3.53. The number of anilines is 1. The molecule has 1 amide bonds. The third kappa shape index (κ3) is 3.93. The van der Waals surface area contributed by atoms with Crippen molar-refractivity contribution in [2.24, 2.45) is 0 Å². The van der Waals surface area contributed by atoms with E-state index in [1.54, 1.807) is 24.1 Å². The second-order valence-corrected chi connectivity index (χ2v) is 5.64. The predicted octanol–water partition coefficient (Wildman–Crippen LogP) is 2.05. The van der Waals surface area contributed by atoms with Gasteiger partial charge in [0.1, 0.15) is 5.82 Å². The predicted molar refractivity (Wildman–Crippen MR) is 81.0 cm³/mol. The fourth-order valence-electron chi connectivity index (χ4n) is 1.71. The van der Waals surface area contributed by atoms with Crippen LogP contribution in [-0.4, -0.2) is 46.6 Å². The molecule has 0 saturated carbocycles. The third-order valence-corrected chi connectivity index (χ3v) is 3.36. The summed E-state index contributed by atoms with van der Waals surface area (Å²) in [5.41, 5.74) is 0.787. The summed E-state index contributed by atoms with van der Waals surface area (Å²) >= 11 is 0. The highest BCUT2D eigenvalue weighted by atomic mass is 16.3. The van der Waals surface area contributed by atoms with E-state index in [0.29, 0.717) is 11.4 Å². The molecule has 1 aromatic heterocycles. The van der Waals surface area contributed by atoms with Crippen LogP contribution in [0.5, 0.6) is 0 Å². The molecule has 0 fully saturated rings. The van der Waals surface area contributed by atoms with Crippen molar-refractivity contribution in [3.63, 3.8) is 0 Å². The normalized spacial score (nSPS) is 11.3. The van der Waals surface area contributed by atoms with Crippen molar-refractivity contribution in [2.45, 2.75) is 39.7 Å². The SMILES string of the molecule is CCCNc1cc(C(=O)N(C)C(C)(C)CO)cc(C)n1. The summed E-state index contributed by atoms with van der Waals surface area (Å²) in [7, 11) is 1.70. The lowest BCUT2D eigenvalue weighted by Crippen LogP contribution is -2.47. The van der Waals surface area contributed by atoms with Gasteiger partial charge in [0, 0.05) is 24.8 Å². The van der Waals surface area contributed by atoms with E-state index in [1.165, 1.54) is 0 Å². The number of nitrogens with one attached hydrogen (secondary N) is 1. The van der Waals surface area contributed by atoms with Crippen molar-refractivity contribution in [1.82, 2.24) is 9.88 Å². The minimum Gasteiger partial charge on any atom is -0.394 e. The molecule has 0 aliphatic heterocycles. The number of carbonyl (C=O) groups excluding carboxylic acids is 1. The van der Waals surface area contributed by atoms with Crippen LogP contribution in [0.2, 0.25) is 0 Å². The first-order chi connectivity index (χ1) is 9.31. The fourth-order valence-corrected chi connectivity index (χ4v) is 1.71. The van der Waals surface area contributed by atoms with Gasteiger partial charge in [0.05, 0.1) is 12.1 Å². The summed E-state index contributed by atoms with van der Waals surface area (Å²) in [4.78, 5) is 18.4. The smallest absolute Gasteiger partial charge is 0.254 e. The van der Waals surface area contributed by atoms with Crippen LogP contribution in [0, 0.1) is 6.92 Å². The van der Waals surface area contributed by atoms with E-state index in [-0.39, 0.29) is 12.5 Å². The molecule has 0 spiro atoms. The molecule has 0 aliphatic carbocycles. The van der Waals surface area contributed by atoms with Gasteiger partial charge < -0.3 is 15.3 Å². The summed E-state index contributed by atoms with van der Waals surface area (Å²) in [6.45, 7) is 8.34. The lowest BCUT2D eigenvalue weighted by Gasteiger charge is -2.34. The van der Waals surface area contributed by atoms with Gasteiger partial charge in [0.15, 0.2) is 0 Å². The number of nitrogens with zero attached hydrogens (tertiary/aromatic N) is 2. The van der Waals surface area contributed by atoms with Crippen molar-refractivity contribution < 1.29 is 9.90 Å². The number of aromatic nitrogens is 1. The molecule has 1 heterocycles. The molecular formula is C15H25N3O2. The molecule has 0 radical (unpaired) electrons. The zero-order chi connectivity index (χ0) is 15.3. The van der Waals surface area contributed by atoms with Crippen LogP contribution >= 0.6 is 0 Å².